The number of amides is 2. The van der Waals surface area contributed by atoms with Crippen molar-refractivity contribution < 1.29 is 31.6 Å². The first-order chi connectivity index (χ1) is 19.4. The molecular weight excluding hydrogens is 589 g/mol. The summed E-state index contributed by atoms with van der Waals surface area (Å²) in [5.41, 5.74) is 5.33. The molecule has 42 heavy (non-hydrogen) atoms. The van der Waals surface area contributed by atoms with E-state index in [2.05, 4.69) is 15.5 Å². The Morgan fingerprint density at radius 3 is 2.45 bits per heavy atom. The average Bonchev–Trinajstić information content (AvgIpc) is 3.34. The highest BCUT2D eigenvalue weighted by atomic mass is 35.5. The van der Waals surface area contributed by atoms with Gasteiger partial charge in [-0.2, -0.15) is 0 Å². The van der Waals surface area contributed by atoms with E-state index in [-0.39, 0.29) is 36.1 Å². The largest absolute Gasteiger partial charge is 0.444 e. The number of benzene rings is 2. The molecule has 0 unspecified atom stereocenters. The van der Waals surface area contributed by atoms with Crippen molar-refractivity contribution >= 4 is 39.1 Å². The maximum Gasteiger partial charge on any atom is 0.408 e. The summed E-state index contributed by atoms with van der Waals surface area (Å²) in [6, 6.07) is 5.36. The quantitative estimate of drug-likeness (QED) is 0.418. The number of fused-ring (bicyclic) bond motifs is 1. The van der Waals surface area contributed by atoms with Gasteiger partial charge in [0.25, 0.3) is 11.8 Å². The normalized spacial score (nSPS) is 17.0. The number of sulfone groups is 1. The van der Waals surface area contributed by atoms with Crippen LogP contribution in [-0.4, -0.2) is 48.0 Å². The van der Waals surface area contributed by atoms with Crippen LogP contribution in [-0.2, 0) is 37.9 Å². The molecule has 3 aromatic rings. The Morgan fingerprint density at radius 2 is 1.86 bits per heavy atom. The van der Waals surface area contributed by atoms with Crippen LogP contribution in [0.2, 0.25) is 5.02 Å². The summed E-state index contributed by atoms with van der Waals surface area (Å²) < 4.78 is 53.7. The molecule has 0 radical (unpaired) electrons. The molecule has 14 heteroatoms. The summed E-state index contributed by atoms with van der Waals surface area (Å²) in [6.07, 6.45) is -0.983. The maximum absolute atomic E-state index is 15.5. The Kier molecular flexibility index (Phi) is 8.42. The lowest BCUT2D eigenvalue weighted by Gasteiger charge is -2.27. The second kappa shape index (κ2) is 11.3. The molecule has 3 N–H and O–H groups in total. The second-order valence-electron chi connectivity index (χ2n) is 12.0. The number of ether oxygens (including phenoxy) is 1. The predicted molar refractivity (Wildman–Crippen MR) is 154 cm³/mol. The first-order valence-electron chi connectivity index (χ1n) is 13.1. The number of nitrogens with one attached hydrogen (secondary N) is 1. The molecule has 2 heterocycles. The van der Waals surface area contributed by atoms with Crippen molar-refractivity contribution in [2.45, 2.75) is 76.6 Å². The van der Waals surface area contributed by atoms with E-state index in [1.807, 2.05) is 20.8 Å². The number of aromatic nitrogens is 2. The minimum Gasteiger partial charge on any atom is -0.444 e. The number of halogens is 2. The van der Waals surface area contributed by atoms with Crippen LogP contribution in [0.4, 0.5) is 14.9 Å². The van der Waals surface area contributed by atoms with E-state index in [0.717, 1.165) is 11.0 Å². The Balaban J connectivity index is 1.89. The van der Waals surface area contributed by atoms with Crippen LogP contribution in [0.3, 0.4) is 0 Å². The first kappa shape index (κ1) is 31.4. The number of nitrogens with zero attached hydrogens (tertiary/aromatic N) is 3. The molecule has 4 rings (SSSR count). The van der Waals surface area contributed by atoms with Gasteiger partial charge in [0, 0.05) is 17.0 Å². The monoisotopic (exact) mass is 621 g/mol. The molecule has 0 saturated heterocycles. The van der Waals surface area contributed by atoms with Gasteiger partial charge in [-0.25, -0.2) is 17.6 Å². The highest BCUT2D eigenvalue weighted by Crippen LogP contribution is 2.38. The Labute approximate surface area is 248 Å². The average molecular weight is 622 g/mol. The van der Waals surface area contributed by atoms with E-state index in [1.165, 1.54) is 6.07 Å². The number of anilines is 1. The van der Waals surface area contributed by atoms with Gasteiger partial charge >= 0.3 is 6.09 Å². The van der Waals surface area contributed by atoms with Gasteiger partial charge in [0.2, 0.25) is 5.89 Å². The zero-order valence-electron chi connectivity index (χ0n) is 24.1. The summed E-state index contributed by atoms with van der Waals surface area (Å²) in [7, 11) is -4.32. The number of rotatable bonds is 5. The van der Waals surface area contributed by atoms with Crippen molar-refractivity contribution in [3.8, 4) is 11.5 Å². The van der Waals surface area contributed by atoms with E-state index in [1.54, 1.807) is 39.0 Å². The third kappa shape index (κ3) is 6.74. The number of hydrogen-bond acceptors (Lipinski definition) is 9. The summed E-state index contributed by atoms with van der Waals surface area (Å²) in [5.74, 6) is -2.48. The molecule has 0 bridgehead atoms. The summed E-state index contributed by atoms with van der Waals surface area (Å²) in [4.78, 5) is 27.4. The molecule has 1 atom stereocenters. The number of carbonyl (C=O) groups excluding carboxylic acids is 2. The van der Waals surface area contributed by atoms with E-state index in [0.29, 0.717) is 16.1 Å². The van der Waals surface area contributed by atoms with Crippen LogP contribution >= 0.6 is 11.6 Å². The van der Waals surface area contributed by atoms with Crippen LogP contribution in [0.5, 0.6) is 0 Å². The third-order valence-electron chi connectivity index (χ3n) is 6.33. The van der Waals surface area contributed by atoms with E-state index >= 15 is 4.39 Å². The highest BCUT2D eigenvalue weighted by molar-refractivity contribution is 7.91. The minimum atomic E-state index is -4.32. The molecule has 0 aliphatic carbocycles. The van der Waals surface area contributed by atoms with Gasteiger partial charge in [0.1, 0.15) is 17.5 Å². The Morgan fingerprint density at radius 1 is 1.17 bits per heavy atom. The van der Waals surface area contributed by atoms with Gasteiger partial charge in [-0.3, -0.25) is 4.79 Å². The van der Waals surface area contributed by atoms with E-state index in [4.69, 9.17) is 26.5 Å². The van der Waals surface area contributed by atoms with Gasteiger partial charge in [-0.15, -0.1) is 10.2 Å². The minimum absolute atomic E-state index is 0.0783. The van der Waals surface area contributed by atoms with Crippen molar-refractivity contribution in [2.75, 3.05) is 10.7 Å². The van der Waals surface area contributed by atoms with Crippen molar-refractivity contribution in [3.05, 3.63) is 58.2 Å². The van der Waals surface area contributed by atoms with Crippen LogP contribution in [0.15, 0.2) is 39.6 Å². The Hall–Kier alpha value is -3.55. The van der Waals surface area contributed by atoms with Crippen LogP contribution < -0.4 is 16.0 Å². The Bertz CT molecular complexity index is 1650. The standard InChI is InChI=1S/C28H33ClFN5O6S/c1-27(2,3)25-34-33-23(40-25)18-10-21-22(11-19(18)30)42(38,39)14-20(32-26(37)41-28(4,5)6)24(36)35(21)13-15-7-8-17(29)9-16(15)12-31/h7-11,20H,12-14,31H2,1-6H3,(H,32,37)/t20-/m0/s1. The molecule has 0 saturated carbocycles. The topological polar surface area (TPSA) is 158 Å². The lowest BCUT2D eigenvalue weighted by molar-refractivity contribution is -0.120. The summed E-state index contributed by atoms with van der Waals surface area (Å²) in [6.45, 7) is 10.3. The third-order valence-corrected chi connectivity index (χ3v) is 8.33. The molecule has 0 spiro atoms. The number of carbonyl (C=O) groups is 2. The predicted octanol–water partition coefficient (Wildman–Crippen LogP) is 4.50. The SMILES string of the molecule is CC(C)(C)OC(=O)N[C@H]1CS(=O)(=O)c2cc(F)c(-c3nnc(C(C)(C)C)o3)cc2N(Cc2ccc(Cl)cc2CN)C1=O. The molecule has 0 fully saturated rings. The highest BCUT2D eigenvalue weighted by Gasteiger charge is 2.41. The lowest BCUT2D eigenvalue weighted by atomic mass is 9.97. The zero-order valence-corrected chi connectivity index (χ0v) is 25.7. The molecule has 2 aromatic carbocycles. The molecular formula is C28H33ClFN5O6S. The van der Waals surface area contributed by atoms with Gasteiger partial charge in [-0.1, -0.05) is 38.4 Å². The van der Waals surface area contributed by atoms with Crippen molar-refractivity contribution in [3.63, 3.8) is 0 Å². The smallest absolute Gasteiger partial charge is 0.408 e. The zero-order chi connectivity index (χ0) is 31.2. The summed E-state index contributed by atoms with van der Waals surface area (Å²) >= 11 is 6.14. The molecule has 1 aliphatic heterocycles. The fourth-order valence-electron chi connectivity index (χ4n) is 4.32. The second-order valence-corrected chi connectivity index (χ2v) is 14.4. The summed E-state index contributed by atoms with van der Waals surface area (Å²) in [5, 5.41) is 10.8. The van der Waals surface area contributed by atoms with Gasteiger partial charge in [0.05, 0.1) is 28.4 Å². The molecule has 226 valence electrons. The molecule has 11 nitrogen and oxygen atoms in total. The van der Waals surface area contributed by atoms with Gasteiger partial charge in [0.15, 0.2) is 9.84 Å². The van der Waals surface area contributed by atoms with Gasteiger partial charge in [-0.05, 0) is 56.2 Å². The maximum atomic E-state index is 15.5. The fourth-order valence-corrected chi connectivity index (χ4v) is 6.13. The van der Waals surface area contributed by atoms with Crippen molar-refractivity contribution in [1.29, 1.82) is 0 Å². The van der Waals surface area contributed by atoms with E-state index in [9.17, 15) is 18.0 Å². The lowest BCUT2D eigenvalue weighted by Crippen LogP contribution is -2.51. The number of alkyl carbamates (subject to hydrolysis) is 1. The molecule has 1 aliphatic rings. The van der Waals surface area contributed by atoms with Gasteiger partial charge < -0.3 is 25.1 Å². The van der Waals surface area contributed by atoms with Crippen molar-refractivity contribution in [2.24, 2.45) is 5.73 Å². The van der Waals surface area contributed by atoms with Crippen LogP contribution in [0.1, 0.15) is 58.6 Å². The number of nitrogens with two attached hydrogens (primary N) is 1. The first-order valence-corrected chi connectivity index (χ1v) is 15.1. The molecule has 2 amide bonds. The van der Waals surface area contributed by atoms with Crippen LogP contribution in [0.25, 0.3) is 11.5 Å². The van der Waals surface area contributed by atoms with Crippen molar-refractivity contribution in [1.82, 2.24) is 15.5 Å². The number of hydrogen-bond donors (Lipinski definition) is 2. The fraction of sp³-hybridized carbons (Fsp3) is 0.429. The van der Waals surface area contributed by atoms with E-state index < -0.39 is 55.4 Å². The molecule has 1 aromatic heterocycles. The van der Waals surface area contributed by atoms with Crippen LogP contribution in [0, 0.1) is 5.82 Å².